The van der Waals surface area contributed by atoms with Crippen LogP contribution < -0.4 is 0 Å². The molecule has 0 spiro atoms. The van der Waals surface area contributed by atoms with Crippen LogP contribution in [0.4, 0.5) is 4.39 Å². The first kappa shape index (κ1) is 13.2. The molecular weight excluding hydrogens is 297 g/mol. The summed E-state index contributed by atoms with van der Waals surface area (Å²) in [6.07, 6.45) is 1.54. The molecule has 2 rings (SSSR count). The summed E-state index contributed by atoms with van der Waals surface area (Å²) in [6, 6.07) is 10.5. The number of pyridine rings is 1. The zero-order valence-corrected chi connectivity index (χ0v) is 11.5. The van der Waals surface area contributed by atoms with Gasteiger partial charge < -0.3 is 5.11 Å². The minimum absolute atomic E-state index is 0.406. The van der Waals surface area contributed by atoms with E-state index in [9.17, 15) is 9.50 Å². The van der Waals surface area contributed by atoms with Crippen LogP contribution in [0.2, 0.25) is 0 Å². The van der Waals surface area contributed by atoms with Gasteiger partial charge in [0.05, 0.1) is 11.9 Å². The Balaban J connectivity index is 2.23. The Kier molecular flexibility index (Phi) is 3.78. The second-order valence-electron chi connectivity index (χ2n) is 4.44. The fourth-order valence-corrected chi connectivity index (χ4v) is 2.28. The number of halogens is 2. The maximum absolute atomic E-state index is 12.8. The predicted octanol–water partition coefficient (Wildman–Crippen LogP) is 3.43. The molecule has 1 N–H and O–H groups in total. The molecule has 0 aliphatic rings. The van der Waals surface area contributed by atoms with Gasteiger partial charge in [0.25, 0.3) is 0 Å². The van der Waals surface area contributed by atoms with Crippen LogP contribution in [0.1, 0.15) is 18.2 Å². The number of rotatable bonds is 3. The van der Waals surface area contributed by atoms with Crippen LogP contribution in [-0.4, -0.2) is 10.1 Å². The van der Waals surface area contributed by atoms with Crippen molar-refractivity contribution < 1.29 is 9.50 Å². The zero-order chi connectivity index (χ0) is 13.2. The first-order valence-electron chi connectivity index (χ1n) is 5.56. The van der Waals surface area contributed by atoms with Crippen molar-refractivity contribution >= 4 is 15.9 Å². The van der Waals surface area contributed by atoms with Crippen LogP contribution in [0.25, 0.3) is 0 Å². The van der Waals surface area contributed by atoms with E-state index in [4.69, 9.17) is 0 Å². The maximum Gasteiger partial charge on any atom is 0.141 e. The third-order valence-electron chi connectivity index (χ3n) is 2.72. The van der Waals surface area contributed by atoms with Gasteiger partial charge in [0.1, 0.15) is 11.4 Å². The van der Waals surface area contributed by atoms with Gasteiger partial charge in [-0.15, -0.1) is 0 Å². The normalized spacial score (nSPS) is 14.2. The standard InChI is InChI=1S/C14H13BrFNO/c1-14(18,13-6-5-12(16)9-17-13)8-10-3-2-4-11(15)7-10/h2-7,9,18H,8H2,1H3. The predicted molar refractivity (Wildman–Crippen MR) is 71.6 cm³/mol. The lowest BCUT2D eigenvalue weighted by atomic mass is 9.93. The van der Waals surface area contributed by atoms with Gasteiger partial charge in [0, 0.05) is 10.9 Å². The monoisotopic (exact) mass is 309 g/mol. The van der Waals surface area contributed by atoms with Crippen LogP contribution in [0.5, 0.6) is 0 Å². The Labute approximate surface area is 114 Å². The van der Waals surface area contributed by atoms with Crippen molar-refractivity contribution in [1.82, 2.24) is 4.98 Å². The molecular formula is C14H13BrFNO. The summed E-state index contributed by atoms with van der Waals surface area (Å²) in [5.41, 5.74) is 0.332. The summed E-state index contributed by atoms with van der Waals surface area (Å²) >= 11 is 3.39. The second-order valence-corrected chi connectivity index (χ2v) is 5.36. The van der Waals surface area contributed by atoms with E-state index in [1.54, 1.807) is 6.92 Å². The van der Waals surface area contributed by atoms with Gasteiger partial charge in [-0.2, -0.15) is 0 Å². The molecule has 1 heterocycles. The molecule has 0 saturated heterocycles. The molecule has 18 heavy (non-hydrogen) atoms. The zero-order valence-electron chi connectivity index (χ0n) is 9.90. The van der Waals surface area contributed by atoms with Crippen molar-refractivity contribution in [1.29, 1.82) is 0 Å². The lowest BCUT2D eigenvalue weighted by Gasteiger charge is -2.22. The number of hydrogen-bond donors (Lipinski definition) is 1. The summed E-state index contributed by atoms with van der Waals surface area (Å²) < 4.78 is 13.8. The van der Waals surface area contributed by atoms with E-state index >= 15 is 0 Å². The Morgan fingerprint density at radius 2 is 2.11 bits per heavy atom. The summed E-state index contributed by atoms with van der Waals surface area (Å²) in [7, 11) is 0. The average Bonchev–Trinajstić information content (AvgIpc) is 2.29. The molecule has 0 fully saturated rings. The van der Waals surface area contributed by atoms with Gasteiger partial charge in [0.15, 0.2) is 0 Å². The highest BCUT2D eigenvalue weighted by atomic mass is 79.9. The first-order valence-corrected chi connectivity index (χ1v) is 6.35. The fourth-order valence-electron chi connectivity index (χ4n) is 1.83. The molecule has 0 bridgehead atoms. The number of hydrogen-bond acceptors (Lipinski definition) is 2. The second kappa shape index (κ2) is 5.16. The summed E-state index contributed by atoms with van der Waals surface area (Å²) in [4.78, 5) is 3.93. The highest BCUT2D eigenvalue weighted by Gasteiger charge is 2.25. The summed E-state index contributed by atoms with van der Waals surface area (Å²) in [6.45, 7) is 1.67. The van der Waals surface area contributed by atoms with E-state index in [0.717, 1.165) is 16.2 Å². The molecule has 0 radical (unpaired) electrons. The van der Waals surface area contributed by atoms with Crippen molar-refractivity contribution in [3.8, 4) is 0 Å². The molecule has 1 atom stereocenters. The Morgan fingerprint density at radius 1 is 1.33 bits per heavy atom. The molecule has 0 aliphatic carbocycles. The van der Waals surface area contributed by atoms with Crippen molar-refractivity contribution in [2.24, 2.45) is 0 Å². The minimum Gasteiger partial charge on any atom is -0.383 e. The fraction of sp³-hybridized carbons (Fsp3) is 0.214. The van der Waals surface area contributed by atoms with E-state index in [2.05, 4.69) is 20.9 Å². The summed E-state index contributed by atoms with van der Waals surface area (Å²) in [5, 5.41) is 10.4. The van der Waals surface area contributed by atoms with Gasteiger partial charge >= 0.3 is 0 Å². The molecule has 0 saturated carbocycles. The van der Waals surface area contributed by atoms with Crippen LogP contribution >= 0.6 is 15.9 Å². The van der Waals surface area contributed by atoms with E-state index in [0.29, 0.717) is 12.1 Å². The quantitative estimate of drug-likeness (QED) is 0.942. The summed E-state index contributed by atoms with van der Waals surface area (Å²) in [5.74, 6) is -0.406. The van der Waals surface area contributed by atoms with Crippen molar-refractivity contribution in [2.45, 2.75) is 18.9 Å². The Bertz CT molecular complexity index is 540. The topological polar surface area (TPSA) is 33.1 Å². The van der Waals surface area contributed by atoms with Gasteiger partial charge in [-0.1, -0.05) is 28.1 Å². The Hall–Kier alpha value is -1.26. The third kappa shape index (κ3) is 3.15. The van der Waals surface area contributed by atoms with Crippen LogP contribution in [0.15, 0.2) is 47.1 Å². The lowest BCUT2D eigenvalue weighted by molar-refractivity contribution is 0.0529. The number of benzene rings is 1. The third-order valence-corrected chi connectivity index (χ3v) is 3.21. The first-order chi connectivity index (χ1) is 8.47. The number of aromatic nitrogens is 1. The largest absolute Gasteiger partial charge is 0.383 e. The van der Waals surface area contributed by atoms with Crippen molar-refractivity contribution in [2.75, 3.05) is 0 Å². The Morgan fingerprint density at radius 3 is 2.72 bits per heavy atom. The molecule has 1 aromatic heterocycles. The average molecular weight is 310 g/mol. The SMILES string of the molecule is CC(O)(Cc1cccc(Br)c1)c1ccc(F)cn1. The smallest absolute Gasteiger partial charge is 0.141 e. The number of nitrogens with zero attached hydrogens (tertiary/aromatic N) is 1. The molecule has 0 aliphatic heterocycles. The van der Waals surface area contributed by atoms with Gasteiger partial charge in [-0.25, -0.2) is 4.39 Å². The maximum atomic E-state index is 12.8. The highest BCUT2D eigenvalue weighted by Crippen LogP contribution is 2.25. The molecule has 2 nitrogen and oxygen atoms in total. The molecule has 4 heteroatoms. The van der Waals surface area contributed by atoms with Gasteiger partial charge in [-0.05, 0) is 36.8 Å². The van der Waals surface area contributed by atoms with Gasteiger partial charge in [0.2, 0.25) is 0 Å². The van der Waals surface area contributed by atoms with Crippen molar-refractivity contribution in [3.05, 3.63) is 64.1 Å². The van der Waals surface area contributed by atoms with Gasteiger partial charge in [-0.3, -0.25) is 4.98 Å². The van der Waals surface area contributed by atoms with Crippen LogP contribution in [0, 0.1) is 5.82 Å². The van der Waals surface area contributed by atoms with E-state index in [1.165, 1.54) is 12.1 Å². The molecule has 94 valence electrons. The van der Waals surface area contributed by atoms with E-state index < -0.39 is 11.4 Å². The van der Waals surface area contributed by atoms with Crippen LogP contribution in [0.3, 0.4) is 0 Å². The molecule has 2 aromatic rings. The highest BCUT2D eigenvalue weighted by molar-refractivity contribution is 9.10. The van der Waals surface area contributed by atoms with Crippen molar-refractivity contribution in [3.63, 3.8) is 0 Å². The molecule has 0 amide bonds. The lowest BCUT2D eigenvalue weighted by Crippen LogP contribution is -2.25. The van der Waals surface area contributed by atoms with E-state index in [1.807, 2.05) is 24.3 Å². The minimum atomic E-state index is -1.12. The number of aliphatic hydroxyl groups is 1. The van der Waals surface area contributed by atoms with E-state index in [-0.39, 0.29) is 0 Å². The molecule has 1 unspecified atom stereocenters. The molecule has 1 aromatic carbocycles. The van der Waals surface area contributed by atoms with Crippen LogP contribution in [-0.2, 0) is 12.0 Å².